The molecule has 0 aliphatic carbocycles. The van der Waals surface area contributed by atoms with Crippen LogP contribution in [0.4, 0.5) is 0 Å². The summed E-state index contributed by atoms with van der Waals surface area (Å²) in [6.45, 7) is 0.799. The molecule has 0 unspecified atom stereocenters. The van der Waals surface area contributed by atoms with Crippen LogP contribution in [0.15, 0.2) is 116 Å². The molecule has 0 spiro atoms. The van der Waals surface area contributed by atoms with Gasteiger partial charge in [-0.2, -0.15) is 0 Å². The monoisotopic (exact) mass is 524 g/mol. The average Bonchev–Trinajstić information content (AvgIpc) is 2.99. The summed E-state index contributed by atoms with van der Waals surface area (Å²) in [6, 6.07) is 36.1. The Morgan fingerprint density at radius 2 is 1.18 bits per heavy atom. The zero-order valence-electron chi connectivity index (χ0n) is 21.6. The molecule has 2 N–H and O–H groups in total. The Labute approximate surface area is 226 Å². The topological polar surface area (TPSA) is 71.1 Å². The van der Waals surface area contributed by atoms with Gasteiger partial charge in [-0.15, -0.1) is 0 Å². The largest absolute Gasteiger partial charge is 0.354 e. The molecule has 6 heteroatoms. The number of amides is 2. The highest BCUT2D eigenvalue weighted by molar-refractivity contribution is 7.95. The molecule has 1 heterocycles. The van der Waals surface area contributed by atoms with Gasteiger partial charge >= 0.3 is 0 Å². The van der Waals surface area contributed by atoms with Gasteiger partial charge in [0.05, 0.1) is 11.7 Å². The summed E-state index contributed by atoms with van der Waals surface area (Å²) in [7, 11) is -1.82. The van der Waals surface area contributed by atoms with E-state index in [1.807, 2.05) is 0 Å². The highest BCUT2D eigenvalue weighted by Crippen LogP contribution is 2.55. The van der Waals surface area contributed by atoms with Crippen LogP contribution in [0.3, 0.4) is 0 Å². The van der Waals surface area contributed by atoms with E-state index in [4.69, 9.17) is 0 Å². The summed E-state index contributed by atoms with van der Waals surface area (Å²) in [5, 5.41) is 9.89. The molecule has 0 saturated heterocycles. The molecule has 38 heavy (non-hydrogen) atoms. The number of benzene rings is 3. The minimum atomic E-state index is -1.82. The van der Waals surface area contributed by atoms with E-state index in [2.05, 4.69) is 107 Å². The van der Waals surface area contributed by atoms with Gasteiger partial charge < -0.3 is 10.6 Å². The molecule has 0 radical (unpaired) electrons. The van der Waals surface area contributed by atoms with Crippen LogP contribution in [0.5, 0.6) is 0 Å². The van der Waals surface area contributed by atoms with Gasteiger partial charge in [-0.1, -0.05) is 54.6 Å². The first kappa shape index (κ1) is 27.2. The summed E-state index contributed by atoms with van der Waals surface area (Å²) < 4.78 is 0. The molecular weight excluding hydrogens is 489 g/mol. The smallest absolute Gasteiger partial charge is 0.252 e. The molecule has 0 bridgehead atoms. The summed E-state index contributed by atoms with van der Waals surface area (Å²) in [5.41, 5.74) is 0.513. The lowest BCUT2D eigenvalue weighted by molar-refractivity contribution is -0.121. The Kier molecular flexibility index (Phi) is 10.2. The molecule has 4 aromatic rings. The zero-order valence-corrected chi connectivity index (χ0v) is 22.5. The number of hydrogen-bond acceptors (Lipinski definition) is 3. The lowest BCUT2D eigenvalue weighted by Crippen LogP contribution is -2.34. The molecule has 5 nitrogen and oxygen atoms in total. The van der Waals surface area contributed by atoms with Crippen LogP contribution in [0.2, 0.25) is 0 Å². The Morgan fingerprint density at radius 3 is 1.71 bits per heavy atom. The highest BCUT2D eigenvalue weighted by Gasteiger charge is 2.44. The van der Waals surface area contributed by atoms with Crippen molar-refractivity contribution in [2.45, 2.75) is 25.7 Å². The minimum Gasteiger partial charge on any atom is -0.354 e. The first-order valence-electron chi connectivity index (χ1n) is 13.2. The quantitative estimate of drug-likeness (QED) is 0.200. The zero-order chi connectivity index (χ0) is 26.5. The van der Waals surface area contributed by atoms with Crippen molar-refractivity contribution in [3.05, 3.63) is 121 Å². The number of nitrogens with zero attached hydrogens (tertiary/aromatic N) is 1. The van der Waals surface area contributed by atoms with Crippen molar-refractivity contribution in [2.75, 3.05) is 19.3 Å². The molecule has 3 aromatic carbocycles. The number of carbonyl (C=O) groups excluding carboxylic acids is 2. The second-order valence-electron chi connectivity index (χ2n) is 9.20. The molecule has 1 aromatic heterocycles. The predicted molar refractivity (Wildman–Crippen MR) is 158 cm³/mol. The van der Waals surface area contributed by atoms with Gasteiger partial charge in [0, 0.05) is 31.9 Å². The van der Waals surface area contributed by atoms with Gasteiger partial charge in [0.1, 0.15) is 23.2 Å². The first-order valence-corrected chi connectivity index (χ1v) is 15.2. The number of unbranched alkanes of at least 4 members (excludes halogenated alkanes) is 2. The SMILES string of the molecule is O=C(CCCCC[P+](c1ccccc1)(c1ccccc1)c1ccccc1)NCCNC(=O)c1cccnc1. The van der Waals surface area contributed by atoms with E-state index < -0.39 is 7.26 Å². The fourth-order valence-electron chi connectivity index (χ4n) is 4.76. The molecule has 2 amide bonds. The first-order chi connectivity index (χ1) is 18.7. The third kappa shape index (κ3) is 7.14. The fraction of sp³-hybridized carbons (Fsp3) is 0.219. The summed E-state index contributed by atoms with van der Waals surface area (Å²) in [4.78, 5) is 28.4. The lowest BCUT2D eigenvalue weighted by Gasteiger charge is -2.27. The van der Waals surface area contributed by atoms with E-state index in [1.165, 1.54) is 22.1 Å². The lowest BCUT2D eigenvalue weighted by atomic mass is 10.2. The predicted octanol–water partition coefficient (Wildman–Crippen LogP) is 4.48. The summed E-state index contributed by atoms with van der Waals surface area (Å²) in [6.07, 6.45) is 7.58. The number of aromatic nitrogens is 1. The number of rotatable bonds is 13. The Balaban J connectivity index is 1.30. The maximum atomic E-state index is 12.4. The Hall–Kier alpha value is -3.82. The van der Waals surface area contributed by atoms with Crippen LogP contribution in [-0.4, -0.2) is 36.0 Å². The highest BCUT2D eigenvalue weighted by atomic mass is 31.2. The van der Waals surface area contributed by atoms with Crippen molar-refractivity contribution in [2.24, 2.45) is 0 Å². The second-order valence-corrected chi connectivity index (χ2v) is 12.8. The van der Waals surface area contributed by atoms with Crippen LogP contribution >= 0.6 is 7.26 Å². The molecule has 0 fully saturated rings. The molecule has 4 rings (SSSR count). The van der Waals surface area contributed by atoms with Crippen LogP contribution in [0, 0.1) is 0 Å². The van der Waals surface area contributed by atoms with Crippen molar-refractivity contribution < 1.29 is 9.59 Å². The number of carbonyl (C=O) groups is 2. The second kappa shape index (κ2) is 14.2. The van der Waals surface area contributed by atoms with Crippen molar-refractivity contribution in [3.8, 4) is 0 Å². The molecule has 0 aliphatic rings. The summed E-state index contributed by atoms with van der Waals surface area (Å²) >= 11 is 0. The van der Waals surface area contributed by atoms with E-state index in [0.717, 1.165) is 25.4 Å². The van der Waals surface area contributed by atoms with Crippen molar-refractivity contribution in [1.82, 2.24) is 15.6 Å². The molecular formula is C32H35N3O2P+. The van der Waals surface area contributed by atoms with Crippen LogP contribution in [0.25, 0.3) is 0 Å². The Bertz CT molecular complexity index is 1170. The van der Waals surface area contributed by atoms with Crippen LogP contribution < -0.4 is 26.5 Å². The van der Waals surface area contributed by atoms with E-state index in [-0.39, 0.29) is 11.8 Å². The molecule has 0 saturated carbocycles. The average molecular weight is 525 g/mol. The fourth-order valence-corrected chi connectivity index (χ4v) is 9.17. The van der Waals surface area contributed by atoms with E-state index in [9.17, 15) is 9.59 Å². The maximum absolute atomic E-state index is 12.4. The van der Waals surface area contributed by atoms with Gasteiger partial charge in [0.25, 0.3) is 5.91 Å². The number of nitrogens with one attached hydrogen (secondary N) is 2. The third-order valence-electron chi connectivity index (χ3n) is 6.64. The van der Waals surface area contributed by atoms with E-state index in [1.54, 1.807) is 18.3 Å². The third-order valence-corrected chi connectivity index (χ3v) is 11.2. The van der Waals surface area contributed by atoms with Gasteiger partial charge in [0.15, 0.2) is 0 Å². The standard InChI is InChI=1S/C32H34N3O2P/c36-31(34-23-24-35-32(37)27-14-13-22-33-26-27)21-11-4-12-25-38(28-15-5-1-6-16-28,29-17-7-2-8-18-29)30-19-9-3-10-20-30/h1-3,5-10,13-20,22,26H,4,11-12,21,23-25H2,(H-,34,35,36,37)/p+1. The van der Waals surface area contributed by atoms with Crippen LogP contribution in [0.1, 0.15) is 36.0 Å². The van der Waals surface area contributed by atoms with E-state index in [0.29, 0.717) is 25.1 Å². The van der Waals surface area contributed by atoms with Crippen LogP contribution in [-0.2, 0) is 4.79 Å². The van der Waals surface area contributed by atoms with Gasteiger partial charge in [-0.3, -0.25) is 14.6 Å². The van der Waals surface area contributed by atoms with E-state index >= 15 is 0 Å². The van der Waals surface area contributed by atoms with Gasteiger partial charge in [-0.05, 0) is 67.8 Å². The van der Waals surface area contributed by atoms with Crippen molar-refractivity contribution >= 4 is 35.0 Å². The van der Waals surface area contributed by atoms with Gasteiger partial charge in [-0.25, -0.2) is 0 Å². The molecule has 0 aliphatic heterocycles. The number of pyridine rings is 1. The van der Waals surface area contributed by atoms with Crippen molar-refractivity contribution in [1.29, 1.82) is 0 Å². The van der Waals surface area contributed by atoms with Crippen molar-refractivity contribution in [3.63, 3.8) is 0 Å². The Morgan fingerprint density at radius 1 is 0.632 bits per heavy atom. The maximum Gasteiger partial charge on any atom is 0.252 e. The molecule has 194 valence electrons. The summed E-state index contributed by atoms with van der Waals surface area (Å²) in [5.74, 6) is -0.162. The normalized spacial score (nSPS) is 11.1. The number of hydrogen-bond donors (Lipinski definition) is 2. The minimum absolute atomic E-state index is 0.0239. The molecule has 0 atom stereocenters. The van der Waals surface area contributed by atoms with Gasteiger partial charge in [0.2, 0.25) is 5.91 Å².